The van der Waals surface area contributed by atoms with E-state index in [1.807, 2.05) is 4.90 Å². The molecule has 0 radical (unpaired) electrons. The molecule has 1 aromatic carbocycles. The Labute approximate surface area is 172 Å². The monoisotopic (exact) mass is 443 g/mol. The molecule has 1 fully saturated rings. The number of nitrogens with zero attached hydrogens (tertiary/aromatic N) is 5. The lowest BCUT2D eigenvalue weighted by atomic mass is 9.98. The van der Waals surface area contributed by atoms with Crippen LogP contribution in [0.15, 0.2) is 12.3 Å². The Hall–Kier alpha value is -3.02. The number of anilines is 1. The van der Waals surface area contributed by atoms with Gasteiger partial charge in [0, 0.05) is 38.5 Å². The first-order chi connectivity index (χ1) is 14.6. The molecule has 12 heteroatoms. The van der Waals surface area contributed by atoms with E-state index < -0.39 is 34.7 Å². The van der Waals surface area contributed by atoms with E-state index in [-0.39, 0.29) is 35.3 Å². The zero-order valence-corrected chi connectivity index (χ0v) is 16.3. The molecule has 0 atom stereocenters. The zero-order chi connectivity index (χ0) is 22.5. The Bertz CT molecular complexity index is 1140. The average molecular weight is 443 g/mol. The fourth-order valence-corrected chi connectivity index (χ4v) is 3.70. The number of hydrogen-bond donors (Lipinski definition) is 2. The summed E-state index contributed by atoms with van der Waals surface area (Å²) in [7, 11) is 1.48. The minimum absolute atomic E-state index is 0.106. The molecule has 0 bridgehead atoms. The van der Waals surface area contributed by atoms with E-state index >= 15 is 0 Å². The molecule has 2 aromatic heterocycles. The van der Waals surface area contributed by atoms with E-state index in [1.165, 1.54) is 17.9 Å². The normalized spacial score (nSPS) is 15.8. The van der Waals surface area contributed by atoms with Crippen LogP contribution in [0.1, 0.15) is 18.4 Å². The summed E-state index contributed by atoms with van der Waals surface area (Å²) in [6.07, 6.45) is -2.31. The molecule has 166 valence electrons. The van der Waals surface area contributed by atoms with Crippen LogP contribution in [0.3, 0.4) is 0 Å². The van der Waals surface area contributed by atoms with E-state index in [1.54, 1.807) is 0 Å². The smallest absolute Gasteiger partial charge is 0.419 e. The van der Waals surface area contributed by atoms with E-state index in [2.05, 4.69) is 15.1 Å². The number of alkyl halides is 3. The number of aliphatic hydroxyl groups is 1. The summed E-state index contributed by atoms with van der Waals surface area (Å²) in [4.78, 5) is 10.6. The molecule has 1 saturated heterocycles. The molecule has 31 heavy (non-hydrogen) atoms. The van der Waals surface area contributed by atoms with Crippen LogP contribution < -0.4 is 4.90 Å². The van der Waals surface area contributed by atoms with Crippen LogP contribution in [0.2, 0.25) is 0 Å². The van der Waals surface area contributed by atoms with E-state index in [0.717, 1.165) is 12.8 Å². The predicted molar refractivity (Wildman–Crippen MR) is 100 cm³/mol. The number of phenolic OH excluding ortho intramolecular Hbond substituents is 1. The third-order valence-corrected chi connectivity index (χ3v) is 5.46. The number of benzene rings is 1. The molecule has 0 aliphatic carbocycles. The first-order valence-electron chi connectivity index (χ1n) is 9.46. The molecule has 0 saturated carbocycles. The standard InChI is InChI=1S/C19H18F5N5O2/c1-28-17-11(7-25-18(26-17)29-4-2-9(8-30)3-5-29)15(27-28)10-6-12(19(22,23)24)14(21)16(31)13(10)20/h6-7,9,30-31H,2-5,8H2,1H3. The number of hydrogen-bond acceptors (Lipinski definition) is 6. The first-order valence-corrected chi connectivity index (χ1v) is 9.46. The zero-order valence-electron chi connectivity index (χ0n) is 16.3. The molecule has 0 unspecified atom stereocenters. The number of piperidine rings is 1. The fraction of sp³-hybridized carbons (Fsp3) is 0.421. The van der Waals surface area contributed by atoms with Gasteiger partial charge in [0.1, 0.15) is 5.69 Å². The van der Waals surface area contributed by atoms with Gasteiger partial charge in [0.2, 0.25) is 5.95 Å². The van der Waals surface area contributed by atoms with Crippen LogP contribution in [0.5, 0.6) is 5.75 Å². The van der Waals surface area contributed by atoms with Gasteiger partial charge in [0.25, 0.3) is 0 Å². The van der Waals surface area contributed by atoms with Crippen LogP contribution >= 0.6 is 0 Å². The van der Waals surface area contributed by atoms with Crippen LogP contribution in [0.25, 0.3) is 22.3 Å². The Balaban J connectivity index is 1.79. The minimum Gasteiger partial charge on any atom is -0.503 e. The van der Waals surface area contributed by atoms with Crippen molar-refractivity contribution in [3.63, 3.8) is 0 Å². The highest BCUT2D eigenvalue weighted by molar-refractivity contribution is 5.91. The van der Waals surface area contributed by atoms with Crippen molar-refractivity contribution in [1.29, 1.82) is 0 Å². The van der Waals surface area contributed by atoms with Crippen LogP contribution in [-0.4, -0.2) is 49.7 Å². The highest BCUT2D eigenvalue weighted by atomic mass is 19.4. The van der Waals surface area contributed by atoms with Crippen molar-refractivity contribution in [3.8, 4) is 17.0 Å². The summed E-state index contributed by atoms with van der Waals surface area (Å²) < 4.78 is 69.0. The highest BCUT2D eigenvalue weighted by Crippen LogP contribution is 2.41. The largest absolute Gasteiger partial charge is 0.503 e. The number of phenols is 1. The number of aliphatic hydroxyl groups excluding tert-OH is 1. The van der Waals surface area contributed by atoms with E-state index in [9.17, 15) is 32.2 Å². The van der Waals surface area contributed by atoms with E-state index in [4.69, 9.17) is 0 Å². The first kappa shape index (κ1) is 21.2. The molecule has 7 nitrogen and oxygen atoms in total. The van der Waals surface area contributed by atoms with Gasteiger partial charge in [0.15, 0.2) is 23.0 Å². The Morgan fingerprint density at radius 1 is 1.16 bits per heavy atom. The van der Waals surface area contributed by atoms with Crippen molar-refractivity contribution < 1.29 is 32.2 Å². The third kappa shape index (κ3) is 3.64. The molecule has 1 aliphatic heterocycles. The van der Waals surface area contributed by atoms with Gasteiger partial charge in [-0.3, -0.25) is 0 Å². The maximum absolute atomic E-state index is 14.5. The second kappa shape index (κ2) is 7.59. The van der Waals surface area contributed by atoms with Crippen LogP contribution in [-0.2, 0) is 13.2 Å². The quantitative estimate of drug-likeness (QED) is 0.605. The molecule has 1 aliphatic rings. The summed E-state index contributed by atoms with van der Waals surface area (Å²) in [5.74, 6) is -4.79. The lowest BCUT2D eigenvalue weighted by Crippen LogP contribution is -2.35. The molecular formula is C19H18F5N5O2. The molecule has 3 aromatic rings. The molecule has 4 rings (SSSR count). The lowest BCUT2D eigenvalue weighted by molar-refractivity contribution is -0.140. The average Bonchev–Trinajstić information content (AvgIpc) is 3.07. The van der Waals surface area contributed by atoms with Gasteiger partial charge in [-0.15, -0.1) is 0 Å². The molecule has 0 amide bonds. The maximum Gasteiger partial charge on any atom is 0.419 e. The van der Waals surface area contributed by atoms with Crippen molar-refractivity contribution in [2.24, 2.45) is 13.0 Å². The van der Waals surface area contributed by atoms with Crippen molar-refractivity contribution in [2.75, 3.05) is 24.6 Å². The van der Waals surface area contributed by atoms with Gasteiger partial charge >= 0.3 is 6.18 Å². The number of rotatable bonds is 3. The van der Waals surface area contributed by atoms with Gasteiger partial charge in [-0.05, 0) is 24.8 Å². The third-order valence-electron chi connectivity index (χ3n) is 5.46. The van der Waals surface area contributed by atoms with Gasteiger partial charge in [0.05, 0.1) is 10.9 Å². The van der Waals surface area contributed by atoms with Crippen LogP contribution in [0, 0.1) is 17.6 Å². The summed E-state index contributed by atoms with van der Waals surface area (Å²) in [5.41, 5.74) is -2.52. The maximum atomic E-state index is 14.5. The van der Waals surface area contributed by atoms with Crippen molar-refractivity contribution >= 4 is 17.0 Å². The van der Waals surface area contributed by atoms with Gasteiger partial charge in [-0.1, -0.05) is 0 Å². The Morgan fingerprint density at radius 2 is 1.84 bits per heavy atom. The van der Waals surface area contributed by atoms with Gasteiger partial charge in [-0.2, -0.15) is 23.3 Å². The Kier molecular flexibility index (Phi) is 5.20. The number of aromatic nitrogens is 4. The molecule has 3 heterocycles. The summed E-state index contributed by atoms with van der Waals surface area (Å²) in [6, 6.07) is 0.278. The number of fused-ring (bicyclic) bond motifs is 1. The fourth-order valence-electron chi connectivity index (χ4n) is 3.70. The van der Waals surface area contributed by atoms with E-state index in [0.29, 0.717) is 19.0 Å². The van der Waals surface area contributed by atoms with Gasteiger partial charge < -0.3 is 15.1 Å². The SMILES string of the molecule is Cn1nc(-c2cc(C(F)(F)F)c(F)c(O)c2F)c2cnc(N3CCC(CO)CC3)nc21. The summed E-state index contributed by atoms with van der Waals surface area (Å²) in [6.45, 7) is 1.35. The molecular weight excluding hydrogens is 425 g/mol. The second-order valence-electron chi connectivity index (χ2n) is 7.44. The number of halogens is 5. The highest BCUT2D eigenvalue weighted by Gasteiger charge is 2.38. The minimum atomic E-state index is -5.14. The van der Waals surface area contributed by atoms with Crippen molar-refractivity contribution in [2.45, 2.75) is 19.0 Å². The molecule has 0 spiro atoms. The Morgan fingerprint density at radius 3 is 2.45 bits per heavy atom. The second-order valence-corrected chi connectivity index (χ2v) is 7.44. The van der Waals surface area contributed by atoms with Crippen molar-refractivity contribution in [1.82, 2.24) is 19.7 Å². The topological polar surface area (TPSA) is 87.3 Å². The number of aromatic hydroxyl groups is 1. The van der Waals surface area contributed by atoms with Gasteiger partial charge in [-0.25, -0.2) is 18.4 Å². The number of aryl methyl sites for hydroxylation is 1. The summed E-state index contributed by atoms with van der Waals surface area (Å²) >= 11 is 0. The summed E-state index contributed by atoms with van der Waals surface area (Å²) in [5, 5.41) is 23.0. The molecule has 2 N–H and O–H groups in total. The van der Waals surface area contributed by atoms with Crippen LogP contribution in [0.4, 0.5) is 27.9 Å². The predicted octanol–water partition coefficient (Wildman–Crippen LogP) is 3.24. The van der Waals surface area contributed by atoms with Crippen molar-refractivity contribution in [3.05, 3.63) is 29.5 Å². The lowest BCUT2D eigenvalue weighted by Gasteiger charge is -2.30.